The van der Waals surface area contributed by atoms with Gasteiger partial charge < -0.3 is 4.79 Å². The molecule has 0 aliphatic heterocycles. The highest BCUT2D eigenvalue weighted by Crippen LogP contribution is 2.31. The zero-order chi connectivity index (χ0) is 13.2. The number of aromatic nitrogens is 2. The second-order valence-corrected chi connectivity index (χ2v) is 4.35. The van der Waals surface area contributed by atoms with Gasteiger partial charge in [-0.3, -0.25) is 0 Å². The van der Waals surface area contributed by atoms with Crippen molar-refractivity contribution in [3.05, 3.63) is 30.1 Å². The summed E-state index contributed by atoms with van der Waals surface area (Å²) in [5.41, 5.74) is 0.216. The van der Waals surface area contributed by atoms with E-state index in [1.165, 1.54) is 6.07 Å². The monoisotopic (exact) mass is 272 g/mol. The second kappa shape index (κ2) is 4.93. The summed E-state index contributed by atoms with van der Waals surface area (Å²) in [7, 11) is 0. The highest BCUT2D eigenvalue weighted by atomic mass is 32.2. The van der Waals surface area contributed by atoms with E-state index >= 15 is 0 Å². The minimum atomic E-state index is -4.60. The van der Waals surface area contributed by atoms with Gasteiger partial charge in [0, 0.05) is 5.39 Å². The van der Waals surface area contributed by atoms with Crippen LogP contribution in [0.3, 0.4) is 0 Å². The molecular formula is C11H7F3N2OS. The molecule has 0 amide bonds. The molecule has 2 aromatic rings. The van der Waals surface area contributed by atoms with E-state index in [2.05, 4.69) is 9.97 Å². The van der Waals surface area contributed by atoms with E-state index in [0.29, 0.717) is 11.7 Å². The fourth-order valence-corrected chi connectivity index (χ4v) is 2.10. The number of para-hydroxylation sites is 1. The third-order valence-corrected chi connectivity index (χ3v) is 3.00. The van der Waals surface area contributed by atoms with Crippen LogP contribution in [0, 0.1) is 0 Å². The van der Waals surface area contributed by atoms with Crippen molar-refractivity contribution in [3.8, 4) is 0 Å². The van der Waals surface area contributed by atoms with E-state index in [4.69, 9.17) is 0 Å². The number of alkyl halides is 3. The van der Waals surface area contributed by atoms with Gasteiger partial charge in [0.15, 0.2) is 0 Å². The number of carbonyl (C=O) groups is 1. The number of aldehydes is 1. The van der Waals surface area contributed by atoms with Crippen molar-refractivity contribution >= 4 is 29.0 Å². The number of rotatable bonds is 3. The topological polar surface area (TPSA) is 42.9 Å². The molecule has 0 unspecified atom stereocenters. The molecule has 0 N–H and O–H groups in total. The van der Waals surface area contributed by atoms with E-state index in [9.17, 15) is 18.0 Å². The maximum absolute atomic E-state index is 12.6. The lowest BCUT2D eigenvalue weighted by Crippen LogP contribution is -2.11. The molecule has 7 heteroatoms. The van der Waals surface area contributed by atoms with Crippen molar-refractivity contribution in [2.24, 2.45) is 0 Å². The van der Waals surface area contributed by atoms with Gasteiger partial charge in [0.1, 0.15) is 11.3 Å². The van der Waals surface area contributed by atoms with Gasteiger partial charge in [-0.25, -0.2) is 9.97 Å². The van der Waals surface area contributed by atoms with E-state index in [1.54, 1.807) is 18.2 Å². The SMILES string of the molecule is O=CCSc1nc(C(F)(F)F)nc2ccccc12. The Morgan fingerprint density at radius 3 is 2.61 bits per heavy atom. The molecule has 2 rings (SSSR count). The van der Waals surface area contributed by atoms with Crippen molar-refractivity contribution < 1.29 is 18.0 Å². The number of nitrogens with zero attached hydrogens (tertiary/aromatic N) is 2. The Kier molecular flexibility index (Phi) is 3.51. The van der Waals surface area contributed by atoms with Crippen LogP contribution in [0.15, 0.2) is 29.3 Å². The summed E-state index contributed by atoms with van der Waals surface area (Å²) >= 11 is 0.961. The van der Waals surface area contributed by atoms with Crippen molar-refractivity contribution in [1.29, 1.82) is 0 Å². The molecule has 0 aliphatic carbocycles. The van der Waals surface area contributed by atoms with Gasteiger partial charge in [0.25, 0.3) is 0 Å². The largest absolute Gasteiger partial charge is 0.451 e. The van der Waals surface area contributed by atoms with Gasteiger partial charge >= 0.3 is 6.18 Å². The van der Waals surface area contributed by atoms with Gasteiger partial charge in [-0.15, -0.1) is 0 Å². The standard InChI is InChI=1S/C11H7F3N2OS/c12-11(13,14)10-15-8-4-2-1-3-7(8)9(16-10)18-6-5-17/h1-5H,6H2. The summed E-state index contributed by atoms with van der Waals surface area (Å²) in [5, 5.41) is 0.678. The minimum Gasteiger partial charge on any atom is -0.302 e. The number of fused-ring (bicyclic) bond motifs is 1. The minimum absolute atomic E-state index is 0.0539. The van der Waals surface area contributed by atoms with Crippen molar-refractivity contribution in [3.63, 3.8) is 0 Å². The Morgan fingerprint density at radius 1 is 1.22 bits per heavy atom. The molecule has 1 aromatic heterocycles. The molecule has 3 nitrogen and oxygen atoms in total. The van der Waals surface area contributed by atoms with Gasteiger partial charge in [-0.05, 0) is 6.07 Å². The first kappa shape index (κ1) is 12.8. The van der Waals surface area contributed by atoms with Crippen LogP contribution in [0.1, 0.15) is 5.82 Å². The molecule has 18 heavy (non-hydrogen) atoms. The van der Waals surface area contributed by atoms with E-state index in [-0.39, 0.29) is 16.3 Å². The Bertz CT molecular complexity index is 586. The predicted molar refractivity (Wildman–Crippen MR) is 61.3 cm³/mol. The summed E-state index contributed by atoms with van der Waals surface area (Å²) in [6.45, 7) is 0. The third-order valence-electron chi connectivity index (χ3n) is 2.11. The quantitative estimate of drug-likeness (QED) is 0.489. The van der Waals surface area contributed by atoms with E-state index in [1.807, 2.05) is 0 Å². The molecule has 1 heterocycles. The van der Waals surface area contributed by atoms with Gasteiger partial charge in [0.2, 0.25) is 5.82 Å². The van der Waals surface area contributed by atoms with Gasteiger partial charge in [-0.1, -0.05) is 30.0 Å². The molecule has 0 aliphatic rings. The maximum atomic E-state index is 12.6. The van der Waals surface area contributed by atoms with Crippen molar-refractivity contribution in [2.75, 3.05) is 5.75 Å². The average molecular weight is 272 g/mol. The number of carbonyl (C=O) groups excluding carboxylic acids is 1. The van der Waals surface area contributed by atoms with Crippen LogP contribution in [0.25, 0.3) is 10.9 Å². The predicted octanol–water partition coefficient (Wildman–Crippen LogP) is 2.94. The first-order valence-electron chi connectivity index (χ1n) is 4.93. The Morgan fingerprint density at radius 2 is 1.94 bits per heavy atom. The average Bonchev–Trinajstić information content (AvgIpc) is 2.34. The molecule has 94 valence electrons. The van der Waals surface area contributed by atoms with Crippen LogP contribution in [-0.4, -0.2) is 22.0 Å². The first-order valence-corrected chi connectivity index (χ1v) is 5.91. The second-order valence-electron chi connectivity index (χ2n) is 3.34. The van der Waals surface area contributed by atoms with E-state index in [0.717, 1.165) is 11.8 Å². The van der Waals surface area contributed by atoms with Crippen molar-refractivity contribution in [1.82, 2.24) is 9.97 Å². The molecule has 0 bridgehead atoms. The Balaban J connectivity index is 2.60. The highest BCUT2D eigenvalue weighted by Gasteiger charge is 2.35. The number of hydrogen-bond donors (Lipinski definition) is 0. The van der Waals surface area contributed by atoms with Gasteiger partial charge in [0.05, 0.1) is 11.3 Å². The number of thioether (sulfide) groups is 1. The smallest absolute Gasteiger partial charge is 0.302 e. The zero-order valence-electron chi connectivity index (χ0n) is 8.94. The summed E-state index contributed by atoms with van der Waals surface area (Å²) in [4.78, 5) is 17.3. The van der Waals surface area contributed by atoms with Crippen LogP contribution in [0.5, 0.6) is 0 Å². The number of hydrogen-bond acceptors (Lipinski definition) is 4. The Hall–Kier alpha value is -1.63. The van der Waals surface area contributed by atoms with Crippen molar-refractivity contribution in [2.45, 2.75) is 11.2 Å². The summed E-state index contributed by atoms with van der Waals surface area (Å²) < 4.78 is 37.8. The first-order chi connectivity index (χ1) is 8.52. The molecule has 0 fully saturated rings. The van der Waals surface area contributed by atoms with Gasteiger partial charge in [-0.2, -0.15) is 13.2 Å². The van der Waals surface area contributed by atoms with Crippen LogP contribution in [0.2, 0.25) is 0 Å². The van der Waals surface area contributed by atoms with Crippen LogP contribution < -0.4 is 0 Å². The molecule has 0 spiro atoms. The molecule has 0 radical (unpaired) electrons. The highest BCUT2D eigenvalue weighted by molar-refractivity contribution is 8.00. The normalized spacial score (nSPS) is 11.7. The van der Waals surface area contributed by atoms with Crippen LogP contribution in [-0.2, 0) is 11.0 Å². The molecule has 0 atom stereocenters. The molecule has 0 saturated carbocycles. The fourth-order valence-electron chi connectivity index (χ4n) is 1.40. The fraction of sp³-hybridized carbons (Fsp3) is 0.182. The lowest BCUT2D eigenvalue weighted by molar-refractivity contribution is -0.145. The van der Waals surface area contributed by atoms with Crippen LogP contribution >= 0.6 is 11.8 Å². The maximum Gasteiger partial charge on any atom is 0.451 e. The number of halogens is 3. The van der Waals surface area contributed by atoms with Crippen LogP contribution in [0.4, 0.5) is 13.2 Å². The lowest BCUT2D eigenvalue weighted by atomic mass is 10.2. The molecule has 1 aromatic carbocycles. The third kappa shape index (κ3) is 2.61. The molecular weight excluding hydrogens is 265 g/mol. The lowest BCUT2D eigenvalue weighted by Gasteiger charge is -2.09. The zero-order valence-corrected chi connectivity index (χ0v) is 9.76. The summed E-state index contributed by atoms with van der Waals surface area (Å²) in [5.74, 6) is -1.13. The molecule has 0 saturated heterocycles. The summed E-state index contributed by atoms with van der Waals surface area (Å²) in [6, 6.07) is 6.40. The Labute approximate surface area is 104 Å². The summed E-state index contributed by atoms with van der Waals surface area (Å²) in [6.07, 6.45) is -3.98. The number of benzene rings is 1. The van der Waals surface area contributed by atoms with E-state index < -0.39 is 12.0 Å².